The van der Waals surface area contributed by atoms with Crippen LogP contribution in [0.1, 0.15) is 45.5 Å². The summed E-state index contributed by atoms with van der Waals surface area (Å²) in [4.78, 5) is 23.8. The van der Waals surface area contributed by atoms with Gasteiger partial charge < -0.3 is 15.6 Å². The average molecular weight is 299 g/mol. The number of nitrogens with two attached hydrogens (primary N) is 1. The van der Waals surface area contributed by atoms with Crippen LogP contribution in [0.15, 0.2) is 28.8 Å². The number of fused-ring (bicyclic) bond motifs is 1. The van der Waals surface area contributed by atoms with Crippen molar-refractivity contribution in [2.24, 2.45) is 11.7 Å². The van der Waals surface area contributed by atoms with Gasteiger partial charge in [0.2, 0.25) is 0 Å². The number of hydrogen-bond donors (Lipinski definition) is 2. The Morgan fingerprint density at radius 1 is 1.36 bits per heavy atom. The predicted octanol–water partition coefficient (Wildman–Crippen LogP) is 2.15. The van der Waals surface area contributed by atoms with Gasteiger partial charge in [0.1, 0.15) is 5.76 Å². The van der Waals surface area contributed by atoms with E-state index < -0.39 is 5.91 Å². The van der Waals surface area contributed by atoms with Gasteiger partial charge in [0.15, 0.2) is 5.69 Å². The molecule has 6 nitrogen and oxygen atoms in total. The Balaban J connectivity index is 1.87. The van der Waals surface area contributed by atoms with Crippen molar-refractivity contribution < 1.29 is 14.1 Å². The van der Waals surface area contributed by atoms with E-state index in [9.17, 15) is 9.59 Å². The lowest BCUT2D eigenvalue weighted by atomic mass is 9.88. The van der Waals surface area contributed by atoms with Gasteiger partial charge in [0.05, 0.1) is 11.3 Å². The summed E-state index contributed by atoms with van der Waals surface area (Å²) in [5.74, 6) is 0.308. The molecule has 1 aromatic carbocycles. The maximum absolute atomic E-state index is 12.4. The molecule has 0 unspecified atom stereocenters. The van der Waals surface area contributed by atoms with E-state index in [4.69, 9.17) is 10.3 Å². The van der Waals surface area contributed by atoms with Crippen LogP contribution in [0.2, 0.25) is 0 Å². The first-order valence-corrected chi connectivity index (χ1v) is 7.24. The van der Waals surface area contributed by atoms with E-state index in [0.29, 0.717) is 17.3 Å². The SMILES string of the molecule is C[C@@H]1CCc2onc(C(=O)Nc3ccccc3C(N)=O)c2C1. The molecular weight excluding hydrogens is 282 g/mol. The van der Waals surface area contributed by atoms with Crippen LogP contribution >= 0.6 is 0 Å². The minimum absolute atomic E-state index is 0.265. The molecule has 0 spiro atoms. The van der Waals surface area contributed by atoms with Gasteiger partial charge >= 0.3 is 0 Å². The molecule has 6 heteroatoms. The molecule has 0 aliphatic heterocycles. The third-order valence-electron chi connectivity index (χ3n) is 3.94. The molecule has 1 aliphatic carbocycles. The van der Waals surface area contributed by atoms with Gasteiger partial charge in [0.25, 0.3) is 11.8 Å². The minimum Gasteiger partial charge on any atom is -0.366 e. The number of amides is 2. The number of anilines is 1. The molecule has 114 valence electrons. The van der Waals surface area contributed by atoms with Gasteiger partial charge in [-0.15, -0.1) is 0 Å². The number of nitrogens with zero attached hydrogens (tertiary/aromatic N) is 1. The van der Waals surface area contributed by atoms with Crippen LogP contribution in [-0.4, -0.2) is 17.0 Å². The van der Waals surface area contributed by atoms with Crippen molar-refractivity contribution in [3.63, 3.8) is 0 Å². The number of aromatic nitrogens is 1. The van der Waals surface area contributed by atoms with Crippen LogP contribution in [0.4, 0.5) is 5.69 Å². The number of primary amides is 1. The van der Waals surface area contributed by atoms with Gasteiger partial charge in [-0.25, -0.2) is 0 Å². The van der Waals surface area contributed by atoms with E-state index in [-0.39, 0.29) is 11.5 Å². The summed E-state index contributed by atoms with van der Waals surface area (Å²) >= 11 is 0. The third kappa shape index (κ3) is 2.59. The molecule has 0 fully saturated rings. The molecule has 1 heterocycles. The summed E-state index contributed by atoms with van der Waals surface area (Å²) in [5.41, 5.74) is 7.12. The Morgan fingerprint density at radius 3 is 2.91 bits per heavy atom. The molecule has 0 saturated carbocycles. The van der Waals surface area contributed by atoms with Crippen molar-refractivity contribution in [1.29, 1.82) is 0 Å². The van der Waals surface area contributed by atoms with Crippen LogP contribution in [0.5, 0.6) is 0 Å². The highest BCUT2D eigenvalue weighted by molar-refractivity contribution is 6.08. The van der Waals surface area contributed by atoms with Crippen LogP contribution in [0.3, 0.4) is 0 Å². The van der Waals surface area contributed by atoms with Crippen LogP contribution in [-0.2, 0) is 12.8 Å². The van der Waals surface area contributed by atoms with Gasteiger partial charge in [-0.2, -0.15) is 0 Å². The van der Waals surface area contributed by atoms with E-state index in [0.717, 1.165) is 30.6 Å². The molecule has 1 aliphatic rings. The molecule has 1 atom stereocenters. The Bertz CT molecular complexity index is 736. The van der Waals surface area contributed by atoms with E-state index in [1.807, 2.05) is 0 Å². The molecular formula is C16H17N3O3. The number of carbonyl (C=O) groups excluding carboxylic acids is 2. The largest absolute Gasteiger partial charge is 0.366 e. The zero-order valence-corrected chi connectivity index (χ0v) is 12.3. The molecule has 0 bridgehead atoms. The number of rotatable bonds is 3. The first-order chi connectivity index (χ1) is 10.6. The Hall–Kier alpha value is -2.63. The van der Waals surface area contributed by atoms with Crippen molar-refractivity contribution >= 4 is 17.5 Å². The van der Waals surface area contributed by atoms with E-state index in [1.54, 1.807) is 24.3 Å². The minimum atomic E-state index is -0.591. The van der Waals surface area contributed by atoms with Crippen LogP contribution in [0.25, 0.3) is 0 Å². The summed E-state index contributed by atoms with van der Waals surface area (Å²) in [5, 5.41) is 6.60. The highest BCUT2D eigenvalue weighted by atomic mass is 16.5. The summed E-state index contributed by atoms with van der Waals surface area (Å²) < 4.78 is 5.27. The quantitative estimate of drug-likeness (QED) is 0.907. The second kappa shape index (κ2) is 5.63. The number of aryl methyl sites for hydroxylation is 1. The third-order valence-corrected chi connectivity index (χ3v) is 3.94. The molecule has 0 radical (unpaired) electrons. The van der Waals surface area contributed by atoms with Crippen molar-refractivity contribution in [2.45, 2.75) is 26.2 Å². The first kappa shape index (κ1) is 14.3. The van der Waals surface area contributed by atoms with Gasteiger partial charge in [-0.05, 0) is 30.9 Å². The highest BCUT2D eigenvalue weighted by Crippen LogP contribution is 2.28. The van der Waals surface area contributed by atoms with Crippen molar-refractivity contribution in [1.82, 2.24) is 5.16 Å². The standard InChI is InChI=1S/C16H17N3O3/c1-9-6-7-13-11(8-9)14(19-22-13)16(21)18-12-5-3-2-4-10(12)15(17)20/h2-5,9H,6-8H2,1H3,(H2,17,20)(H,18,21)/t9-/m1/s1. The number of para-hydroxylation sites is 1. The number of hydrogen-bond acceptors (Lipinski definition) is 4. The molecule has 2 aromatic rings. The molecule has 3 rings (SSSR count). The number of nitrogens with one attached hydrogen (secondary N) is 1. The van der Waals surface area contributed by atoms with Crippen molar-refractivity contribution in [3.8, 4) is 0 Å². The maximum atomic E-state index is 12.4. The molecule has 3 N–H and O–H groups in total. The van der Waals surface area contributed by atoms with Gasteiger partial charge in [0, 0.05) is 12.0 Å². The number of benzene rings is 1. The maximum Gasteiger partial charge on any atom is 0.278 e. The normalized spacial score (nSPS) is 16.9. The highest BCUT2D eigenvalue weighted by Gasteiger charge is 2.27. The molecule has 1 aromatic heterocycles. The van der Waals surface area contributed by atoms with Gasteiger partial charge in [-0.1, -0.05) is 24.2 Å². The Labute approximate surface area is 127 Å². The fraction of sp³-hybridized carbons (Fsp3) is 0.312. The lowest BCUT2D eigenvalue weighted by Crippen LogP contribution is -2.20. The fourth-order valence-electron chi connectivity index (χ4n) is 2.75. The first-order valence-electron chi connectivity index (χ1n) is 7.24. The summed E-state index contributed by atoms with van der Waals surface area (Å²) in [7, 11) is 0. The van der Waals surface area contributed by atoms with E-state index >= 15 is 0 Å². The summed E-state index contributed by atoms with van der Waals surface area (Å²) in [6, 6.07) is 6.61. The topological polar surface area (TPSA) is 98.2 Å². The van der Waals surface area contributed by atoms with E-state index in [1.165, 1.54) is 0 Å². The second-order valence-electron chi connectivity index (χ2n) is 5.64. The Morgan fingerprint density at radius 2 is 2.14 bits per heavy atom. The van der Waals surface area contributed by atoms with Crippen molar-refractivity contribution in [3.05, 3.63) is 46.8 Å². The lowest BCUT2D eigenvalue weighted by molar-refractivity contribution is 0.100. The van der Waals surface area contributed by atoms with Crippen molar-refractivity contribution in [2.75, 3.05) is 5.32 Å². The predicted molar refractivity (Wildman–Crippen MR) is 80.6 cm³/mol. The lowest BCUT2D eigenvalue weighted by Gasteiger charge is -2.16. The molecule has 22 heavy (non-hydrogen) atoms. The second-order valence-corrected chi connectivity index (χ2v) is 5.64. The van der Waals surface area contributed by atoms with Crippen LogP contribution in [0, 0.1) is 5.92 Å². The fourth-order valence-corrected chi connectivity index (χ4v) is 2.75. The van der Waals surface area contributed by atoms with Gasteiger partial charge in [-0.3, -0.25) is 9.59 Å². The summed E-state index contributed by atoms with van der Waals surface area (Å²) in [6.45, 7) is 2.14. The smallest absolute Gasteiger partial charge is 0.278 e. The number of carbonyl (C=O) groups is 2. The Kier molecular flexibility index (Phi) is 3.66. The summed E-state index contributed by atoms with van der Waals surface area (Å²) in [6.07, 6.45) is 2.61. The van der Waals surface area contributed by atoms with E-state index in [2.05, 4.69) is 17.4 Å². The monoisotopic (exact) mass is 299 g/mol. The zero-order valence-electron chi connectivity index (χ0n) is 12.3. The average Bonchev–Trinajstić information content (AvgIpc) is 2.90. The zero-order chi connectivity index (χ0) is 15.7. The molecule has 2 amide bonds. The molecule has 0 saturated heterocycles. The van der Waals surface area contributed by atoms with Crippen LogP contribution < -0.4 is 11.1 Å².